The second-order valence-corrected chi connectivity index (χ2v) is 2.94. The Bertz CT molecular complexity index is 349. The number of anilines is 1. The van der Waals surface area contributed by atoms with Gasteiger partial charge in [-0.05, 0) is 24.6 Å². The van der Waals surface area contributed by atoms with Crippen molar-refractivity contribution in [2.75, 3.05) is 11.9 Å². The van der Waals surface area contributed by atoms with Crippen molar-refractivity contribution in [2.24, 2.45) is 0 Å². The first-order chi connectivity index (χ1) is 7.26. The first kappa shape index (κ1) is 11.2. The highest BCUT2D eigenvalue weighted by Gasteiger charge is 2.03. The van der Waals surface area contributed by atoms with Crippen LogP contribution in [0.2, 0.25) is 0 Å². The molecule has 0 aliphatic rings. The summed E-state index contributed by atoms with van der Waals surface area (Å²) in [5.41, 5.74) is 1.49. The van der Waals surface area contributed by atoms with Gasteiger partial charge >= 0.3 is 5.97 Å². The molecule has 0 aliphatic carbocycles. The molecule has 0 aliphatic heterocycles. The Morgan fingerprint density at radius 2 is 2.33 bits per heavy atom. The molecule has 0 saturated heterocycles. The minimum absolute atomic E-state index is 0.224. The second kappa shape index (κ2) is 5.80. The summed E-state index contributed by atoms with van der Waals surface area (Å²) in [6.45, 7) is 2.15. The summed E-state index contributed by atoms with van der Waals surface area (Å²) < 4.78 is 4.82. The van der Waals surface area contributed by atoms with Crippen molar-refractivity contribution in [1.29, 1.82) is 0 Å². The number of carbonyl (C=O) groups excluding carboxylic acids is 2. The summed E-state index contributed by atoms with van der Waals surface area (Å²) in [6, 6.07) is 7.08. The quantitative estimate of drug-likeness (QED) is 0.586. The molecule has 1 aromatic carbocycles. The molecule has 4 heteroatoms. The predicted molar refractivity (Wildman–Crippen MR) is 56.5 cm³/mol. The van der Waals surface area contributed by atoms with E-state index in [1.807, 2.05) is 6.07 Å². The number of amides is 1. The number of rotatable bonds is 5. The third-order valence-corrected chi connectivity index (χ3v) is 1.81. The van der Waals surface area contributed by atoms with Crippen LogP contribution in [0.1, 0.15) is 12.5 Å². The third-order valence-electron chi connectivity index (χ3n) is 1.81. The number of carbonyl (C=O) groups is 2. The highest BCUT2D eigenvalue weighted by atomic mass is 16.5. The van der Waals surface area contributed by atoms with Gasteiger partial charge in [-0.15, -0.1) is 0 Å². The third kappa shape index (κ3) is 3.81. The van der Waals surface area contributed by atoms with Gasteiger partial charge in [0.1, 0.15) is 0 Å². The van der Waals surface area contributed by atoms with Gasteiger partial charge in [0.05, 0.1) is 13.0 Å². The monoisotopic (exact) mass is 207 g/mol. The van der Waals surface area contributed by atoms with Crippen LogP contribution in [-0.2, 0) is 20.7 Å². The Morgan fingerprint density at radius 3 is 3.00 bits per heavy atom. The summed E-state index contributed by atoms with van der Waals surface area (Å²) in [4.78, 5) is 21.4. The van der Waals surface area contributed by atoms with E-state index in [1.54, 1.807) is 25.1 Å². The van der Waals surface area contributed by atoms with Crippen LogP contribution < -0.4 is 5.32 Å². The first-order valence-corrected chi connectivity index (χ1v) is 4.71. The molecule has 15 heavy (non-hydrogen) atoms. The van der Waals surface area contributed by atoms with Crippen LogP contribution in [0.4, 0.5) is 5.69 Å². The van der Waals surface area contributed by atoms with Gasteiger partial charge in [-0.1, -0.05) is 12.1 Å². The van der Waals surface area contributed by atoms with Gasteiger partial charge in [-0.2, -0.15) is 0 Å². The van der Waals surface area contributed by atoms with Crippen LogP contribution in [0.15, 0.2) is 24.3 Å². The average molecular weight is 207 g/mol. The fourth-order valence-corrected chi connectivity index (χ4v) is 1.22. The van der Waals surface area contributed by atoms with E-state index in [0.29, 0.717) is 18.7 Å². The van der Waals surface area contributed by atoms with E-state index >= 15 is 0 Å². The highest BCUT2D eigenvalue weighted by Crippen LogP contribution is 2.10. The first-order valence-electron chi connectivity index (χ1n) is 4.71. The normalized spacial score (nSPS) is 9.40. The lowest BCUT2D eigenvalue weighted by Crippen LogP contribution is -2.07. The molecule has 0 radical (unpaired) electrons. The molecule has 0 bridgehead atoms. The van der Waals surface area contributed by atoms with Gasteiger partial charge in [0.2, 0.25) is 6.41 Å². The molecule has 0 heterocycles. The van der Waals surface area contributed by atoms with E-state index in [1.165, 1.54) is 0 Å². The molecular weight excluding hydrogens is 194 g/mol. The van der Waals surface area contributed by atoms with E-state index in [2.05, 4.69) is 5.32 Å². The fraction of sp³-hybridized carbons (Fsp3) is 0.273. The van der Waals surface area contributed by atoms with Gasteiger partial charge in [0, 0.05) is 5.69 Å². The molecule has 0 saturated carbocycles. The molecule has 0 unspecified atom stereocenters. The molecule has 1 rings (SSSR count). The minimum atomic E-state index is -0.263. The standard InChI is InChI=1S/C11H13NO3/c1-2-15-11(14)7-9-4-3-5-10(6-9)12-8-13/h3-6,8H,2,7H2,1H3,(H,12,13). The van der Waals surface area contributed by atoms with E-state index in [4.69, 9.17) is 4.74 Å². The highest BCUT2D eigenvalue weighted by molar-refractivity contribution is 5.75. The number of nitrogens with one attached hydrogen (secondary N) is 1. The predicted octanol–water partition coefficient (Wildman–Crippen LogP) is 1.36. The molecule has 1 amide bonds. The molecule has 0 fully saturated rings. The van der Waals surface area contributed by atoms with Gasteiger partial charge < -0.3 is 10.1 Å². The summed E-state index contributed by atoms with van der Waals surface area (Å²) in [5.74, 6) is -0.263. The van der Waals surface area contributed by atoms with Crippen LogP contribution >= 0.6 is 0 Å². The zero-order valence-corrected chi connectivity index (χ0v) is 8.53. The van der Waals surface area contributed by atoms with E-state index < -0.39 is 0 Å². The van der Waals surface area contributed by atoms with Crippen molar-refractivity contribution in [3.63, 3.8) is 0 Å². The molecule has 1 aromatic rings. The Labute approximate surface area is 88.2 Å². The summed E-state index contributed by atoms with van der Waals surface area (Å²) in [5, 5.41) is 2.52. The van der Waals surface area contributed by atoms with Crippen LogP contribution in [0.3, 0.4) is 0 Å². The topological polar surface area (TPSA) is 55.4 Å². The molecule has 80 valence electrons. The van der Waals surface area contributed by atoms with E-state index in [0.717, 1.165) is 5.56 Å². The molecular formula is C11H13NO3. The van der Waals surface area contributed by atoms with Crippen LogP contribution in [-0.4, -0.2) is 19.0 Å². The smallest absolute Gasteiger partial charge is 0.310 e. The van der Waals surface area contributed by atoms with E-state index in [-0.39, 0.29) is 12.4 Å². The van der Waals surface area contributed by atoms with E-state index in [9.17, 15) is 9.59 Å². The molecule has 0 spiro atoms. The number of esters is 1. The maximum Gasteiger partial charge on any atom is 0.310 e. The Balaban J connectivity index is 2.64. The molecule has 0 atom stereocenters. The Hall–Kier alpha value is -1.84. The zero-order chi connectivity index (χ0) is 11.1. The zero-order valence-electron chi connectivity index (χ0n) is 8.53. The van der Waals surface area contributed by atoms with Crippen LogP contribution in [0.25, 0.3) is 0 Å². The largest absolute Gasteiger partial charge is 0.466 e. The van der Waals surface area contributed by atoms with Crippen molar-refractivity contribution < 1.29 is 14.3 Å². The lowest BCUT2D eigenvalue weighted by molar-refractivity contribution is -0.142. The Kier molecular flexibility index (Phi) is 4.34. The summed E-state index contributed by atoms with van der Waals surface area (Å²) in [7, 11) is 0. The number of ether oxygens (including phenoxy) is 1. The molecule has 0 aromatic heterocycles. The van der Waals surface area contributed by atoms with Crippen molar-refractivity contribution in [1.82, 2.24) is 0 Å². The molecule has 1 N–H and O–H groups in total. The maximum atomic E-state index is 11.2. The van der Waals surface area contributed by atoms with Crippen molar-refractivity contribution >= 4 is 18.1 Å². The van der Waals surface area contributed by atoms with Gasteiger partial charge in [-0.3, -0.25) is 9.59 Å². The summed E-state index contributed by atoms with van der Waals surface area (Å²) >= 11 is 0. The van der Waals surface area contributed by atoms with Crippen molar-refractivity contribution in [3.05, 3.63) is 29.8 Å². The lowest BCUT2D eigenvalue weighted by Gasteiger charge is -2.04. The number of hydrogen-bond acceptors (Lipinski definition) is 3. The van der Waals surface area contributed by atoms with Crippen LogP contribution in [0.5, 0.6) is 0 Å². The second-order valence-electron chi connectivity index (χ2n) is 2.94. The van der Waals surface area contributed by atoms with Gasteiger partial charge in [-0.25, -0.2) is 0 Å². The lowest BCUT2D eigenvalue weighted by atomic mass is 10.1. The average Bonchev–Trinajstić information content (AvgIpc) is 2.19. The number of hydrogen-bond donors (Lipinski definition) is 1. The fourth-order valence-electron chi connectivity index (χ4n) is 1.22. The van der Waals surface area contributed by atoms with Crippen molar-refractivity contribution in [2.45, 2.75) is 13.3 Å². The molecule has 4 nitrogen and oxygen atoms in total. The SMILES string of the molecule is CCOC(=O)Cc1cccc(NC=O)c1. The maximum absolute atomic E-state index is 11.2. The minimum Gasteiger partial charge on any atom is -0.466 e. The van der Waals surface area contributed by atoms with Crippen molar-refractivity contribution in [3.8, 4) is 0 Å². The Morgan fingerprint density at radius 1 is 1.53 bits per heavy atom. The number of benzene rings is 1. The van der Waals surface area contributed by atoms with Crippen LogP contribution in [0, 0.1) is 0 Å². The van der Waals surface area contributed by atoms with Gasteiger partial charge in [0.25, 0.3) is 0 Å². The van der Waals surface area contributed by atoms with Gasteiger partial charge in [0.15, 0.2) is 0 Å². The summed E-state index contributed by atoms with van der Waals surface area (Å²) in [6.07, 6.45) is 0.825.